The number of carbonyl (C=O) groups is 1. The molecule has 3 aromatic rings. The highest BCUT2D eigenvalue weighted by Gasteiger charge is 2.07. The van der Waals surface area contributed by atoms with Crippen molar-refractivity contribution in [3.05, 3.63) is 63.7 Å². The van der Waals surface area contributed by atoms with Crippen molar-refractivity contribution in [2.24, 2.45) is 12.0 Å². The van der Waals surface area contributed by atoms with Crippen LogP contribution in [0, 0.1) is 13.8 Å². The van der Waals surface area contributed by atoms with E-state index in [0.29, 0.717) is 10.4 Å². The van der Waals surface area contributed by atoms with Crippen LogP contribution >= 0.6 is 11.3 Å². The number of benzene rings is 1. The van der Waals surface area contributed by atoms with Crippen molar-refractivity contribution in [3.63, 3.8) is 0 Å². The zero-order valence-electron chi connectivity index (χ0n) is 12.6. The minimum absolute atomic E-state index is 0.238. The fraction of sp³-hybridized carbons (Fsp3) is 0.188. The van der Waals surface area contributed by atoms with Gasteiger partial charge in [0.15, 0.2) is 4.80 Å². The average Bonchev–Trinajstić information content (AvgIpc) is 3.05. The van der Waals surface area contributed by atoms with E-state index in [1.807, 2.05) is 59.9 Å². The van der Waals surface area contributed by atoms with Gasteiger partial charge in [0.05, 0.1) is 11.4 Å². The van der Waals surface area contributed by atoms with Gasteiger partial charge in [-0.15, -0.1) is 11.3 Å². The summed E-state index contributed by atoms with van der Waals surface area (Å²) < 4.78 is 3.69. The van der Waals surface area contributed by atoms with Crippen molar-refractivity contribution >= 4 is 17.2 Å². The second-order valence-electron chi connectivity index (χ2n) is 5.10. The van der Waals surface area contributed by atoms with Gasteiger partial charge in [0.25, 0.3) is 5.91 Å². The lowest BCUT2D eigenvalue weighted by Crippen LogP contribution is -2.12. The standard InChI is InChI=1S/C16H16N4OS/c1-11-10-12(2)20(18-11)14-6-4-13(5-7-14)15(21)17-16-19(3)8-9-22-16/h4-10H,1-3H3. The third kappa shape index (κ3) is 2.78. The molecule has 2 aromatic heterocycles. The molecule has 0 fully saturated rings. The zero-order chi connectivity index (χ0) is 15.7. The van der Waals surface area contributed by atoms with Gasteiger partial charge in [-0.25, -0.2) is 4.68 Å². The van der Waals surface area contributed by atoms with Crippen molar-refractivity contribution in [1.29, 1.82) is 0 Å². The van der Waals surface area contributed by atoms with Gasteiger partial charge in [0.1, 0.15) is 0 Å². The molecule has 0 aliphatic carbocycles. The number of aryl methyl sites for hydroxylation is 3. The van der Waals surface area contributed by atoms with Gasteiger partial charge in [0, 0.05) is 29.9 Å². The van der Waals surface area contributed by atoms with Gasteiger partial charge in [-0.2, -0.15) is 10.1 Å². The second kappa shape index (κ2) is 5.73. The van der Waals surface area contributed by atoms with Crippen molar-refractivity contribution in [2.75, 3.05) is 0 Å². The molecule has 0 aliphatic rings. The lowest BCUT2D eigenvalue weighted by atomic mass is 10.2. The molecule has 112 valence electrons. The van der Waals surface area contributed by atoms with Crippen LogP contribution in [0.1, 0.15) is 21.7 Å². The fourth-order valence-electron chi connectivity index (χ4n) is 2.22. The van der Waals surface area contributed by atoms with Gasteiger partial charge >= 0.3 is 0 Å². The number of rotatable bonds is 2. The molecular weight excluding hydrogens is 296 g/mol. The molecule has 3 rings (SSSR count). The van der Waals surface area contributed by atoms with Crippen LogP contribution in [0.25, 0.3) is 5.69 Å². The summed E-state index contributed by atoms with van der Waals surface area (Å²) in [5.41, 5.74) is 3.53. The Morgan fingerprint density at radius 2 is 1.95 bits per heavy atom. The highest BCUT2D eigenvalue weighted by atomic mass is 32.1. The van der Waals surface area contributed by atoms with Crippen LogP contribution in [0.15, 0.2) is 46.9 Å². The third-order valence-corrected chi connectivity index (χ3v) is 4.17. The van der Waals surface area contributed by atoms with Crippen LogP contribution in [0.4, 0.5) is 0 Å². The van der Waals surface area contributed by atoms with Crippen LogP contribution in [-0.2, 0) is 7.05 Å². The number of aromatic nitrogens is 3. The average molecular weight is 312 g/mol. The normalized spacial score (nSPS) is 11.9. The van der Waals surface area contributed by atoms with E-state index in [4.69, 9.17) is 0 Å². The van der Waals surface area contributed by atoms with E-state index in [1.54, 1.807) is 12.1 Å². The van der Waals surface area contributed by atoms with E-state index in [1.165, 1.54) is 11.3 Å². The summed E-state index contributed by atoms with van der Waals surface area (Å²) in [5.74, 6) is -0.238. The maximum atomic E-state index is 12.2. The predicted octanol–water partition coefficient (Wildman–Crippen LogP) is 2.63. The number of thiazole rings is 1. The summed E-state index contributed by atoms with van der Waals surface area (Å²) in [7, 11) is 1.87. The first-order valence-electron chi connectivity index (χ1n) is 6.87. The first kappa shape index (κ1) is 14.5. The highest BCUT2D eigenvalue weighted by molar-refractivity contribution is 7.07. The van der Waals surface area contributed by atoms with Crippen molar-refractivity contribution < 1.29 is 4.79 Å². The first-order chi connectivity index (χ1) is 10.5. The number of carbonyl (C=O) groups excluding carboxylic acids is 1. The molecule has 5 nitrogen and oxygen atoms in total. The van der Waals surface area contributed by atoms with E-state index in [2.05, 4.69) is 10.1 Å². The monoisotopic (exact) mass is 312 g/mol. The SMILES string of the molecule is Cc1cc(C)n(-c2ccc(C(=O)N=c3sccn3C)cc2)n1. The van der Waals surface area contributed by atoms with Gasteiger partial charge in [-0.3, -0.25) is 4.79 Å². The molecule has 0 spiro atoms. The summed E-state index contributed by atoms with van der Waals surface area (Å²) in [6.07, 6.45) is 1.88. The summed E-state index contributed by atoms with van der Waals surface area (Å²) in [5, 5.41) is 6.33. The zero-order valence-corrected chi connectivity index (χ0v) is 13.5. The maximum Gasteiger partial charge on any atom is 0.279 e. The van der Waals surface area contributed by atoms with Crippen LogP contribution in [-0.4, -0.2) is 20.3 Å². The Morgan fingerprint density at radius 1 is 1.23 bits per heavy atom. The summed E-state index contributed by atoms with van der Waals surface area (Å²) >= 11 is 1.44. The van der Waals surface area contributed by atoms with Crippen LogP contribution in [0.2, 0.25) is 0 Å². The summed E-state index contributed by atoms with van der Waals surface area (Å²) in [4.78, 5) is 17.0. The minimum Gasteiger partial charge on any atom is -0.327 e. The van der Waals surface area contributed by atoms with Crippen LogP contribution in [0.5, 0.6) is 0 Å². The lowest BCUT2D eigenvalue weighted by molar-refractivity contribution is 0.0998. The van der Waals surface area contributed by atoms with Crippen molar-refractivity contribution in [3.8, 4) is 5.69 Å². The summed E-state index contributed by atoms with van der Waals surface area (Å²) in [6.45, 7) is 3.96. The Kier molecular flexibility index (Phi) is 3.77. The molecule has 22 heavy (non-hydrogen) atoms. The minimum atomic E-state index is -0.238. The number of hydrogen-bond donors (Lipinski definition) is 0. The van der Waals surface area contributed by atoms with E-state index in [9.17, 15) is 4.79 Å². The van der Waals surface area contributed by atoms with Gasteiger partial charge in [-0.1, -0.05) is 0 Å². The van der Waals surface area contributed by atoms with E-state index in [0.717, 1.165) is 17.1 Å². The molecule has 2 heterocycles. The topological polar surface area (TPSA) is 52.2 Å². The lowest BCUT2D eigenvalue weighted by Gasteiger charge is -2.04. The molecule has 0 radical (unpaired) electrons. The van der Waals surface area contributed by atoms with Crippen molar-refractivity contribution in [2.45, 2.75) is 13.8 Å². The second-order valence-corrected chi connectivity index (χ2v) is 5.97. The predicted molar refractivity (Wildman–Crippen MR) is 86.2 cm³/mol. The van der Waals surface area contributed by atoms with Gasteiger partial charge in [-0.05, 0) is 44.2 Å². The fourth-order valence-corrected chi connectivity index (χ4v) is 2.95. The molecule has 0 unspecified atom stereocenters. The molecule has 0 atom stereocenters. The maximum absolute atomic E-state index is 12.2. The molecule has 0 saturated heterocycles. The number of nitrogens with zero attached hydrogens (tertiary/aromatic N) is 4. The van der Waals surface area contributed by atoms with Crippen LogP contribution in [0.3, 0.4) is 0 Å². The largest absolute Gasteiger partial charge is 0.327 e. The Bertz CT molecular complexity index is 884. The molecule has 1 aromatic carbocycles. The molecule has 6 heteroatoms. The Hall–Kier alpha value is -2.47. The molecule has 1 amide bonds. The molecule has 0 aliphatic heterocycles. The molecule has 0 N–H and O–H groups in total. The van der Waals surface area contributed by atoms with E-state index >= 15 is 0 Å². The van der Waals surface area contributed by atoms with E-state index < -0.39 is 0 Å². The van der Waals surface area contributed by atoms with Crippen LogP contribution < -0.4 is 4.80 Å². The van der Waals surface area contributed by atoms with Gasteiger partial charge < -0.3 is 4.57 Å². The van der Waals surface area contributed by atoms with Crippen molar-refractivity contribution in [1.82, 2.24) is 14.3 Å². The molecule has 0 saturated carbocycles. The number of hydrogen-bond acceptors (Lipinski definition) is 3. The summed E-state index contributed by atoms with van der Waals surface area (Å²) in [6, 6.07) is 9.36. The Labute approximate surface area is 132 Å². The molecule has 0 bridgehead atoms. The first-order valence-corrected chi connectivity index (χ1v) is 7.75. The highest BCUT2D eigenvalue weighted by Crippen LogP contribution is 2.13. The number of amides is 1. The Balaban J connectivity index is 1.90. The smallest absolute Gasteiger partial charge is 0.279 e. The Morgan fingerprint density at radius 3 is 2.50 bits per heavy atom. The quantitative estimate of drug-likeness (QED) is 0.730. The van der Waals surface area contributed by atoms with Gasteiger partial charge in [0.2, 0.25) is 0 Å². The third-order valence-electron chi connectivity index (χ3n) is 3.33. The molecular formula is C16H16N4OS. The van der Waals surface area contributed by atoms with E-state index in [-0.39, 0.29) is 5.91 Å².